The van der Waals surface area contributed by atoms with Crippen LogP contribution in [0.4, 0.5) is 0 Å². The van der Waals surface area contributed by atoms with Crippen LogP contribution in [0.3, 0.4) is 0 Å². The lowest BCUT2D eigenvalue weighted by Gasteiger charge is -2.08. The van der Waals surface area contributed by atoms with Gasteiger partial charge in [0.25, 0.3) is 11.8 Å². The van der Waals surface area contributed by atoms with Crippen molar-refractivity contribution in [1.29, 1.82) is 0 Å². The van der Waals surface area contributed by atoms with Crippen molar-refractivity contribution >= 4 is 11.8 Å². The summed E-state index contributed by atoms with van der Waals surface area (Å²) < 4.78 is 21.0. The summed E-state index contributed by atoms with van der Waals surface area (Å²) in [6, 6.07) is 10.2. The van der Waals surface area contributed by atoms with Gasteiger partial charge in [-0.05, 0) is 49.2 Å². The molecule has 0 atom stereocenters. The molecule has 2 N–H and O–H groups in total. The third-order valence-electron chi connectivity index (χ3n) is 4.44. The Morgan fingerprint density at radius 3 is 1.57 bits per heavy atom. The molecule has 4 rings (SSSR count). The zero-order chi connectivity index (χ0) is 19.3. The number of carbonyl (C=O) groups excluding carboxylic acids is 2. The highest BCUT2D eigenvalue weighted by atomic mass is 16.7. The Balaban J connectivity index is 1.15. The number of nitrogens with one attached hydrogen (secondary N) is 2. The number of unbranched alkanes of at least 4 members (excludes halogenated alkanes) is 1. The largest absolute Gasteiger partial charge is 0.454 e. The number of hydrogen-bond donors (Lipinski definition) is 2. The quantitative estimate of drug-likeness (QED) is 0.710. The van der Waals surface area contributed by atoms with E-state index in [2.05, 4.69) is 10.6 Å². The van der Waals surface area contributed by atoms with E-state index in [1.54, 1.807) is 36.4 Å². The lowest BCUT2D eigenvalue weighted by Crippen LogP contribution is -2.27. The van der Waals surface area contributed by atoms with Crippen LogP contribution in [0.1, 0.15) is 33.6 Å². The van der Waals surface area contributed by atoms with Gasteiger partial charge < -0.3 is 29.6 Å². The standard InChI is InChI=1S/C20H20N2O6/c23-19(13-3-5-15-17(9-13)27-11-25-15)21-7-1-2-8-22-20(24)14-4-6-16-18(10-14)28-12-26-16/h3-6,9-10H,1-2,7-8,11-12H2,(H,21,23)(H,22,24). The van der Waals surface area contributed by atoms with Crippen LogP contribution in [0.5, 0.6) is 23.0 Å². The molecule has 2 aliphatic heterocycles. The molecule has 0 fully saturated rings. The average Bonchev–Trinajstić information content (AvgIpc) is 3.37. The summed E-state index contributed by atoms with van der Waals surface area (Å²) in [4.78, 5) is 24.3. The van der Waals surface area contributed by atoms with Gasteiger partial charge in [-0.15, -0.1) is 0 Å². The van der Waals surface area contributed by atoms with Crippen LogP contribution in [-0.2, 0) is 0 Å². The van der Waals surface area contributed by atoms with Crippen LogP contribution in [0.25, 0.3) is 0 Å². The first-order valence-corrected chi connectivity index (χ1v) is 9.06. The topological polar surface area (TPSA) is 95.1 Å². The van der Waals surface area contributed by atoms with E-state index in [9.17, 15) is 9.59 Å². The maximum absolute atomic E-state index is 12.2. The van der Waals surface area contributed by atoms with Gasteiger partial charge in [-0.25, -0.2) is 0 Å². The second-order valence-electron chi connectivity index (χ2n) is 6.35. The molecule has 8 nitrogen and oxygen atoms in total. The molecule has 2 aromatic carbocycles. The monoisotopic (exact) mass is 384 g/mol. The summed E-state index contributed by atoms with van der Waals surface area (Å²) in [6.07, 6.45) is 1.50. The molecule has 0 bridgehead atoms. The molecule has 146 valence electrons. The first kappa shape index (κ1) is 18.0. The van der Waals surface area contributed by atoms with Crippen molar-refractivity contribution in [3.05, 3.63) is 47.5 Å². The molecule has 2 amide bonds. The maximum atomic E-state index is 12.2. The Labute approximate surface area is 161 Å². The second kappa shape index (κ2) is 8.08. The first-order chi connectivity index (χ1) is 13.7. The van der Waals surface area contributed by atoms with Crippen LogP contribution >= 0.6 is 0 Å². The second-order valence-corrected chi connectivity index (χ2v) is 6.35. The van der Waals surface area contributed by atoms with Crippen molar-refractivity contribution in [2.75, 3.05) is 26.7 Å². The Morgan fingerprint density at radius 1 is 0.679 bits per heavy atom. The Bertz CT molecular complexity index is 825. The van der Waals surface area contributed by atoms with Gasteiger partial charge >= 0.3 is 0 Å². The van der Waals surface area contributed by atoms with Crippen molar-refractivity contribution < 1.29 is 28.5 Å². The van der Waals surface area contributed by atoms with Crippen molar-refractivity contribution in [3.8, 4) is 23.0 Å². The summed E-state index contributed by atoms with van der Waals surface area (Å²) in [6.45, 7) is 1.40. The molecular weight excluding hydrogens is 364 g/mol. The molecule has 0 saturated carbocycles. The van der Waals surface area contributed by atoms with Crippen LogP contribution in [-0.4, -0.2) is 38.5 Å². The minimum atomic E-state index is -0.164. The van der Waals surface area contributed by atoms with Crippen molar-refractivity contribution in [1.82, 2.24) is 10.6 Å². The molecule has 0 saturated heterocycles. The highest BCUT2D eigenvalue weighted by Crippen LogP contribution is 2.33. The maximum Gasteiger partial charge on any atom is 0.251 e. The Hall–Kier alpha value is -3.42. The number of hydrogen-bond acceptors (Lipinski definition) is 6. The minimum Gasteiger partial charge on any atom is -0.454 e. The van der Waals surface area contributed by atoms with Gasteiger partial charge in [-0.1, -0.05) is 0 Å². The molecule has 0 aliphatic carbocycles. The van der Waals surface area contributed by atoms with Crippen molar-refractivity contribution in [2.45, 2.75) is 12.8 Å². The number of ether oxygens (including phenoxy) is 4. The number of fused-ring (bicyclic) bond motifs is 2. The Kier molecular flexibility index (Phi) is 5.18. The summed E-state index contributed by atoms with van der Waals surface area (Å²) in [5.74, 6) is 2.13. The number of carbonyl (C=O) groups is 2. The Morgan fingerprint density at radius 2 is 1.11 bits per heavy atom. The molecule has 8 heteroatoms. The fourth-order valence-corrected chi connectivity index (χ4v) is 2.93. The summed E-state index contributed by atoms with van der Waals surface area (Å²) in [7, 11) is 0. The highest BCUT2D eigenvalue weighted by Gasteiger charge is 2.17. The predicted octanol–water partition coefficient (Wildman–Crippen LogP) is 2.08. The van der Waals surface area contributed by atoms with Gasteiger partial charge in [-0.3, -0.25) is 9.59 Å². The lowest BCUT2D eigenvalue weighted by molar-refractivity contribution is 0.0939. The molecule has 2 aromatic rings. The number of rotatable bonds is 7. The molecule has 0 spiro atoms. The number of amides is 2. The average molecular weight is 384 g/mol. The summed E-state index contributed by atoms with van der Waals surface area (Å²) >= 11 is 0. The lowest BCUT2D eigenvalue weighted by atomic mass is 10.2. The van der Waals surface area contributed by atoms with Gasteiger partial charge in [-0.2, -0.15) is 0 Å². The summed E-state index contributed by atoms with van der Waals surface area (Å²) in [5.41, 5.74) is 1.06. The van der Waals surface area contributed by atoms with E-state index in [4.69, 9.17) is 18.9 Å². The van der Waals surface area contributed by atoms with Crippen LogP contribution < -0.4 is 29.6 Å². The molecule has 0 radical (unpaired) electrons. The van der Waals surface area contributed by atoms with Crippen LogP contribution in [0, 0.1) is 0 Å². The fourth-order valence-electron chi connectivity index (χ4n) is 2.93. The van der Waals surface area contributed by atoms with Crippen molar-refractivity contribution in [3.63, 3.8) is 0 Å². The third-order valence-corrected chi connectivity index (χ3v) is 4.44. The van der Waals surface area contributed by atoms with Gasteiger partial charge in [0.05, 0.1) is 0 Å². The van der Waals surface area contributed by atoms with E-state index in [0.29, 0.717) is 47.2 Å². The van der Waals surface area contributed by atoms with Gasteiger partial charge in [0.1, 0.15) is 0 Å². The van der Waals surface area contributed by atoms with E-state index in [-0.39, 0.29) is 25.4 Å². The summed E-state index contributed by atoms with van der Waals surface area (Å²) in [5, 5.41) is 5.72. The smallest absolute Gasteiger partial charge is 0.251 e. The van der Waals surface area contributed by atoms with Crippen LogP contribution in [0.2, 0.25) is 0 Å². The zero-order valence-electron chi connectivity index (χ0n) is 15.2. The van der Waals surface area contributed by atoms with E-state index < -0.39 is 0 Å². The van der Waals surface area contributed by atoms with Gasteiger partial charge in [0.2, 0.25) is 13.6 Å². The predicted molar refractivity (Wildman–Crippen MR) is 99.0 cm³/mol. The highest BCUT2D eigenvalue weighted by molar-refractivity contribution is 5.95. The molecule has 2 aliphatic rings. The minimum absolute atomic E-state index is 0.164. The van der Waals surface area contributed by atoms with E-state index in [1.807, 2.05) is 0 Å². The molecule has 28 heavy (non-hydrogen) atoms. The first-order valence-electron chi connectivity index (χ1n) is 9.06. The number of benzene rings is 2. The van der Waals surface area contributed by atoms with Crippen LogP contribution in [0.15, 0.2) is 36.4 Å². The van der Waals surface area contributed by atoms with E-state index in [0.717, 1.165) is 12.8 Å². The van der Waals surface area contributed by atoms with Gasteiger partial charge in [0, 0.05) is 24.2 Å². The molecule has 0 unspecified atom stereocenters. The normalized spacial score (nSPS) is 13.3. The van der Waals surface area contributed by atoms with E-state index >= 15 is 0 Å². The van der Waals surface area contributed by atoms with E-state index in [1.165, 1.54) is 0 Å². The molecular formula is C20H20N2O6. The molecule has 2 heterocycles. The SMILES string of the molecule is O=C(NCCCCNC(=O)c1ccc2c(c1)OCO2)c1ccc2c(c1)OCO2. The molecule has 0 aromatic heterocycles. The van der Waals surface area contributed by atoms with Crippen molar-refractivity contribution in [2.24, 2.45) is 0 Å². The third kappa shape index (κ3) is 3.95. The zero-order valence-corrected chi connectivity index (χ0v) is 15.2. The fraction of sp³-hybridized carbons (Fsp3) is 0.300. The van der Waals surface area contributed by atoms with Gasteiger partial charge in [0.15, 0.2) is 23.0 Å².